The lowest BCUT2D eigenvalue weighted by Gasteiger charge is -2.24. The Bertz CT molecular complexity index is 174. The molecule has 0 radical (unpaired) electrons. The SMILES string of the molecule is CC1(C)C[C@@H]2CCO[C@]2(C)C1. The summed E-state index contributed by atoms with van der Waals surface area (Å²) in [6, 6.07) is 0. The minimum atomic E-state index is 0.240. The maximum absolute atomic E-state index is 5.80. The fourth-order valence-electron chi connectivity index (χ4n) is 3.06. The lowest BCUT2D eigenvalue weighted by atomic mass is 9.89. The molecule has 1 saturated heterocycles. The van der Waals surface area contributed by atoms with Crippen LogP contribution in [-0.2, 0) is 4.74 Å². The second kappa shape index (κ2) is 2.01. The average molecular weight is 154 g/mol. The molecule has 1 nitrogen and oxygen atoms in total. The zero-order chi connectivity index (χ0) is 8.11. The standard InChI is InChI=1S/C10H18O/c1-9(2)6-8-4-5-11-10(8,3)7-9/h8H,4-7H2,1-3H3/t8-,10+/m0/s1. The molecule has 2 rings (SSSR count). The minimum Gasteiger partial charge on any atom is -0.375 e. The summed E-state index contributed by atoms with van der Waals surface area (Å²) >= 11 is 0. The summed E-state index contributed by atoms with van der Waals surface area (Å²) < 4.78 is 5.80. The van der Waals surface area contributed by atoms with Crippen molar-refractivity contribution in [3.05, 3.63) is 0 Å². The van der Waals surface area contributed by atoms with Crippen molar-refractivity contribution in [2.24, 2.45) is 11.3 Å². The first-order valence-corrected chi connectivity index (χ1v) is 4.66. The number of hydrogen-bond acceptors (Lipinski definition) is 1. The molecule has 0 aromatic rings. The summed E-state index contributed by atoms with van der Waals surface area (Å²) in [5.41, 5.74) is 0.767. The molecule has 0 spiro atoms. The van der Waals surface area contributed by atoms with Gasteiger partial charge >= 0.3 is 0 Å². The van der Waals surface area contributed by atoms with E-state index in [1.54, 1.807) is 0 Å². The fourth-order valence-corrected chi connectivity index (χ4v) is 3.06. The van der Waals surface area contributed by atoms with Crippen molar-refractivity contribution in [2.75, 3.05) is 6.61 Å². The van der Waals surface area contributed by atoms with E-state index in [1.807, 2.05) is 0 Å². The van der Waals surface area contributed by atoms with Crippen LogP contribution in [0.1, 0.15) is 40.0 Å². The number of rotatable bonds is 0. The van der Waals surface area contributed by atoms with Crippen LogP contribution in [0.2, 0.25) is 0 Å². The summed E-state index contributed by atoms with van der Waals surface area (Å²) in [6.07, 6.45) is 3.91. The molecule has 0 aromatic heterocycles. The van der Waals surface area contributed by atoms with Crippen molar-refractivity contribution in [2.45, 2.75) is 45.6 Å². The van der Waals surface area contributed by atoms with Crippen molar-refractivity contribution in [3.63, 3.8) is 0 Å². The molecule has 1 saturated carbocycles. The maximum Gasteiger partial charge on any atom is 0.0688 e. The average Bonchev–Trinajstić information content (AvgIpc) is 2.16. The van der Waals surface area contributed by atoms with E-state index in [-0.39, 0.29) is 5.60 Å². The molecule has 1 aliphatic heterocycles. The van der Waals surface area contributed by atoms with Crippen LogP contribution in [0.5, 0.6) is 0 Å². The van der Waals surface area contributed by atoms with E-state index < -0.39 is 0 Å². The summed E-state index contributed by atoms with van der Waals surface area (Å²) in [6.45, 7) is 8.01. The Morgan fingerprint density at radius 2 is 2.00 bits per heavy atom. The molecule has 0 amide bonds. The van der Waals surface area contributed by atoms with Crippen molar-refractivity contribution in [1.82, 2.24) is 0 Å². The Kier molecular flexibility index (Phi) is 1.39. The monoisotopic (exact) mass is 154 g/mol. The zero-order valence-corrected chi connectivity index (χ0v) is 7.81. The maximum atomic E-state index is 5.80. The Labute approximate surface area is 69.1 Å². The quantitative estimate of drug-likeness (QED) is 0.521. The van der Waals surface area contributed by atoms with Crippen molar-refractivity contribution in [3.8, 4) is 0 Å². The van der Waals surface area contributed by atoms with E-state index in [9.17, 15) is 0 Å². The van der Waals surface area contributed by atoms with Gasteiger partial charge in [-0.05, 0) is 37.5 Å². The highest BCUT2D eigenvalue weighted by atomic mass is 16.5. The first kappa shape index (κ1) is 7.60. The van der Waals surface area contributed by atoms with Crippen LogP contribution in [0.15, 0.2) is 0 Å². The molecule has 1 aliphatic carbocycles. The summed E-state index contributed by atoms with van der Waals surface area (Å²) in [5.74, 6) is 0.845. The Hall–Kier alpha value is -0.0400. The third-order valence-electron chi connectivity index (χ3n) is 3.39. The van der Waals surface area contributed by atoms with Crippen molar-refractivity contribution in [1.29, 1.82) is 0 Å². The third-order valence-corrected chi connectivity index (χ3v) is 3.39. The fraction of sp³-hybridized carbons (Fsp3) is 1.00. The predicted molar refractivity (Wildman–Crippen MR) is 45.5 cm³/mol. The molecule has 2 atom stereocenters. The highest BCUT2D eigenvalue weighted by Gasteiger charge is 2.51. The second-order valence-corrected chi connectivity index (χ2v) is 5.19. The predicted octanol–water partition coefficient (Wildman–Crippen LogP) is 2.60. The van der Waals surface area contributed by atoms with Crippen molar-refractivity contribution >= 4 is 0 Å². The van der Waals surface area contributed by atoms with E-state index >= 15 is 0 Å². The van der Waals surface area contributed by atoms with Gasteiger partial charge in [0.15, 0.2) is 0 Å². The van der Waals surface area contributed by atoms with E-state index in [4.69, 9.17) is 4.74 Å². The molecule has 1 heteroatoms. The van der Waals surface area contributed by atoms with Gasteiger partial charge in [0, 0.05) is 6.61 Å². The summed E-state index contributed by atoms with van der Waals surface area (Å²) in [4.78, 5) is 0. The van der Waals surface area contributed by atoms with E-state index in [0.717, 1.165) is 12.5 Å². The molecule has 0 aromatic carbocycles. The van der Waals surface area contributed by atoms with Crippen LogP contribution >= 0.6 is 0 Å². The highest BCUT2D eigenvalue weighted by molar-refractivity contribution is 5.01. The van der Waals surface area contributed by atoms with Gasteiger partial charge in [-0.1, -0.05) is 13.8 Å². The molecule has 2 aliphatic rings. The number of hydrogen-bond donors (Lipinski definition) is 0. The molecule has 64 valence electrons. The molecule has 1 heterocycles. The smallest absolute Gasteiger partial charge is 0.0688 e. The summed E-state index contributed by atoms with van der Waals surface area (Å²) in [7, 11) is 0. The van der Waals surface area contributed by atoms with E-state index in [2.05, 4.69) is 20.8 Å². The Morgan fingerprint density at radius 3 is 2.64 bits per heavy atom. The van der Waals surface area contributed by atoms with Gasteiger partial charge in [-0.15, -0.1) is 0 Å². The van der Waals surface area contributed by atoms with E-state index in [1.165, 1.54) is 19.3 Å². The molecule has 2 fully saturated rings. The van der Waals surface area contributed by atoms with Gasteiger partial charge in [-0.2, -0.15) is 0 Å². The lowest BCUT2D eigenvalue weighted by Crippen LogP contribution is -2.26. The first-order valence-electron chi connectivity index (χ1n) is 4.66. The minimum absolute atomic E-state index is 0.240. The first-order chi connectivity index (χ1) is 5.02. The van der Waals surface area contributed by atoms with Gasteiger partial charge in [-0.3, -0.25) is 0 Å². The molecule has 11 heavy (non-hydrogen) atoms. The van der Waals surface area contributed by atoms with Crippen LogP contribution in [0.3, 0.4) is 0 Å². The second-order valence-electron chi connectivity index (χ2n) is 5.19. The van der Waals surface area contributed by atoms with Gasteiger partial charge in [0.25, 0.3) is 0 Å². The van der Waals surface area contributed by atoms with E-state index in [0.29, 0.717) is 5.41 Å². The largest absolute Gasteiger partial charge is 0.375 e. The third kappa shape index (κ3) is 1.10. The van der Waals surface area contributed by atoms with Crippen LogP contribution in [0.25, 0.3) is 0 Å². The van der Waals surface area contributed by atoms with Crippen LogP contribution in [-0.4, -0.2) is 12.2 Å². The Balaban J connectivity index is 2.19. The molecule has 0 unspecified atom stereocenters. The van der Waals surface area contributed by atoms with Gasteiger partial charge in [0.05, 0.1) is 5.60 Å². The Morgan fingerprint density at radius 1 is 1.27 bits per heavy atom. The van der Waals surface area contributed by atoms with Crippen LogP contribution in [0.4, 0.5) is 0 Å². The number of ether oxygens (including phenoxy) is 1. The lowest BCUT2D eigenvalue weighted by molar-refractivity contribution is 0.000502. The topological polar surface area (TPSA) is 9.23 Å². The number of fused-ring (bicyclic) bond motifs is 1. The van der Waals surface area contributed by atoms with Crippen LogP contribution < -0.4 is 0 Å². The van der Waals surface area contributed by atoms with Gasteiger partial charge in [0.1, 0.15) is 0 Å². The van der Waals surface area contributed by atoms with Crippen LogP contribution in [0, 0.1) is 11.3 Å². The van der Waals surface area contributed by atoms with Gasteiger partial charge < -0.3 is 4.74 Å². The van der Waals surface area contributed by atoms with Crippen molar-refractivity contribution < 1.29 is 4.74 Å². The molecule has 0 bridgehead atoms. The molecule has 0 N–H and O–H groups in total. The summed E-state index contributed by atoms with van der Waals surface area (Å²) in [5, 5.41) is 0. The van der Waals surface area contributed by atoms with Gasteiger partial charge in [-0.25, -0.2) is 0 Å². The normalized spacial score (nSPS) is 47.7. The van der Waals surface area contributed by atoms with Gasteiger partial charge in [0.2, 0.25) is 0 Å². The molecular weight excluding hydrogens is 136 g/mol. The zero-order valence-electron chi connectivity index (χ0n) is 7.81. The highest BCUT2D eigenvalue weighted by Crippen LogP contribution is 2.53. The molecular formula is C10H18O.